The molecule has 0 saturated heterocycles. The lowest BCUT2D eigenvalue weighted by molar-refractivity contribution is -0.141. The van der Waals surface area contributed by atoms with Crippen molar-refractivity contribution in [3.63, 3.8) is 0 Å². The number of hydrogen-bond donors (Lipinski definition) is 15. The fourth-order valence-corrected chi connectivity index (χ4v) is 9.00. The molecule has 2 aliphatic carbocycles. The molecule has 2 unspecified atom stereocenters. The summed E-state index contributed by atoms with van der Waals surface area (Å²) in [6.45, 7) is 0.691. The second kappa shape index (κ2) is 33.9. The van der Waals surface area contributed by atoms with Gasteiger partial charge in [-0.1, -0.05) is 25.0 Å². The molecule has 0 aliphatic heterocycles. The van der Waals surface area contributed by atoms with Crippen LogP contribution in [0.2, 0.25) is 0 Å². The van der Waals surface area contributed by atoms with E-state index in [1.54, 1.807) is 9.80 Å². The highest BCUT2D eigenvalue weighted by Crippen LogP contribution is 2.46. The summed E-state index contributed by atoms with van der Waals surface area (Å²) in [5.41, 5.74) is -0.292. The average molecular weight is 1140 g/mol. The fraction of sp³-hybridized carbons (Fsp3) is 0.633. The number of urea groups is 1. The zero-order chi connectivity index (χ0) is 58.7. The van der Waals surface area contributed by atoms with Gasteiger partial charge in [-0.2, -0.15) is 0 Å². The van der Waals surface area contributed by atoms with Crippen molar-refractivity contribution < 1.29 is 93.6 Å². The minimum absolute atomic E-state index is 0.151. The smallest absolute Gasteiger partial charge is 0.329 e. The van der Waals surface area contributed by atoms with E-state index >= 15 is 0 Å². The maximum Gasteiger partial charge on any atom is 0.329 e. The van der Waals surface area contributed by atoms with E-state index in [9.17, 15) is 83.4 Å². The number of aliphatic carboxylic acids is 8. The van der Waals surface area contributed by atoms with Gasteiger partial charge in [-0.15, -0.1) is 0 Å². The van der Waals surface area contributed by atoms with Crippen LogP contribution < -0.4 is 37.2 Å². The van der Waals surface area contributed by atoms with Crippen molar-refractivity contribution in [3.05, 3.63) is 29.8 Å². The molecule has 440 valence electrons. The standard InChI is InChI=1S/C49H74N10O19S/c60-37(24-32-25-49(32,46(76)77)56-47(78)55-35(45(74)75)12-14-39(63)64)54-34(11-13-38(61)62)44(73)51-15-3-1-2-4-16-52-48(79)53-33-9-5-30(6-10-33)23-36(31-7-8-31)59(29-43(71)72)22-21-58(28-42(69)70)20-19-57(27-41(67)68)18-17-50-26-40(65)66/h5-6,9-10,31-32,34-36,50H,1-4,7-8,11-29H2,(H,51,73)(H,54,60)(H,61,62)(H,63,64)(H,65,66)(H,67,68)(H,69,70)(H,71,72)(H,74,75)(H,76,77)(H2,52,53,79)(H2,55,56,78)/t32-,34+,35+,36?,49?/m1/s1. The Bertz CT molecular complexity index is 2290. The molecule has 0 spiro atoms. The molecule has 0 aromatic heterocycles. The van der Waals surface area contributed by atoms with Crippen molar-refractivity contribution in [3.8, 4) is 0 Å². The van der Waals surface area contributed by atoms with Gasteiger partial charge in [0.25, 0.3) is 0 Å². The first-order chi connectivity index (χ1) is 37.4. The van der Waals surface area contributed by atoms with Crippen LogP contribution in [0.3, 0.4) is 0 Å². The number of unbranched alkanes of at least 4 members (excludes halogenated alkanes) is 3. The summed E-state index contributed by atoms with van der Waals surface area (Å²) >= 11 is 5.49. The Kier molecular flexibility index (Phi) is 28.3. The van der Waals surface area contributed by atoms with Crippen molar-refractivity contribution in [1.82, 2.24) is 46.6 Å². The largest absolute Gasteiger partial charge is 0.481 e. The van der Waals surface area contributed by atoms with Crippen molar-refractivity contribution in [2.45, 2.75) is 107 Å². The molecule has 2 saturated carbocycles. The van der Waals surface area contributed by atoms with E-state index in [-0.39, 0.29) is 96.8 Å². The fourth-order valence-electron chi connectivity index (χ4n) is 8.78. The van der Waals surface area contributed by atoms with E-state index in [0.717, 1.165) is 24.8 Å². The number of benzene rings is 1. The van der Waals surface area contributed by atoms with E-state index in [4.69, 9.17) is 22.4 Å². The van der Waals surface area contributed by atoms with Gasteiger partial charge in [0, 0.05) is 89.3 Å². The third-order valence-corrected chi connectivity index (χ3v) is 13.4. The van der Waals surface area contributed by atoms with E-state index in [2.05, 4.69) is 31.9 Å². The Morgan fingerprint density at radius 1 is 0.620 bits per heavy atom. The van der Waals surface area contributed by atoms with Crippen LogP contribution in [0, 0.1) is 11.8 Å². The number of carboxylic acids is 8. The lowest BCUT2D eigenvalue weighted by atomic mass is 10.00. The number of rotatable bonds is 43. The number of carboxylic acid groups (broad SMARTS) is 8. The molecule has 29 nitrogen and oxygen atoms in total. The van der Waals surface area contributed by atoms with Crippen molar-refractivity contribution in [1.29, 1.82) is 0 Å². The molecule has 0 bridgehead atoms. The highest BCUT2D eigenvalue weighted by atomic mass is 32.1. The third-order valence-electron chi connectivity index (χ3n) is 13.2. The number of anilines is 1. The van der Waals surface area contributed by atoms with E-state index in [1.165, 1.54) is 0 Å². The summed E-state index contributed by atoms with van der Waals surface area (Å²) in [6, 6.07) is 3.28. The van der Waals surface area contributed by atoms with Crippen molar-refractivity contribution in [2.24, 2.45) is 11.8 Å². The maximum absolute atomic E-state index is 13.1. The number of amides is 4. The Morgan fingerprint density at radius 2 is 1.18 bits per heavy atom. The van der Waals surface area contributed by atoms with Crippen LogP contribution in [0.4, 0.5) is 10.5 Å². The molecule has 15 N–H and O–H groups in total. The average Bonchev–Trinajstić information content (AvgIpc) is 4.50. The number of carbonyl (C=O) groups excluding carboxylic acids is 3. The molecular formula is C49H74N10O19S. The van der Waals surface area contributed by atoms with Gasteiger partial charge in [-0.05, 0) is 87.2 Å². The number of nitrogens with one attached hydrogen (secondary N) is 7. The third kappa shape index (κ3) is 26.8. The Morgan fingerprint density at radius 3 is 1.71 bits per heavy atom. The highest BCUT2D eigenvalue weighted by Gasteiger charge is 2.62. The zero-order valence-electron chi connectivity index (χ0n) is 43.7. The van der Waals surface area contributed by atoms with Gasteiger partial charge >= 0.3 is 53.8 Å². The lowest BCUT2D eigenvalue weighted by Crippen LogP contribution is -2.53. The molecular weight excluding hydrogens is 1060 g/mol. The van der Waals surface area contributed by atoms with Gasteiger partial charge < -0.3 is 78.1 Å². The molecule has 1 aromatic rings. The summed E-state index contributed by atoms with van der Waals surface area (Å²) in [5, 5.41) is 93.7. The van der Waals surface area contributed by atoms with Gasteiger partial charge in [0.2, 0.25) is 11.8 Å². The molecule has 30 heteroatoms. The Balaban J connectivity index is 1.42. The maximum atomic E-state index is 13.1. The molecule has 2 fully saturated rings. The first-order valence-corrected chi connectivity index (χ1v) is 26.2. The Labute approximate surface area is 460 Å². The second-order valence-corrected chi connectivity index (χ2v) is 19.9. The predicted molar refractivity (Wildman–Crippen MR) is 282 cm³/mol. The molecule has 4 amide bonds. The van der Waals surface area contributed by atoms with Crippen LogP contribution >= 0.6 is 12.2 Å². The van der Waals surface area contributed by atoms with Crippen molar-refractivity contribution >= 4 is 88.6 Å². The van der Waals surface area contributed by atoms with Crippen LogP contribution in [0.15, 0.2) is 24.3 Å². The summed E-state index contributed by atoms with van der Waals surface area (Å²) in [4.78, 5) is 136. The van der Waals surface area contributed by atoms with Crippen LogP contribution in [0.1, 0.15) is 82.6 Å². The van der Waals surface area contributed by atoms with Crippen LogP contribution in [0.25, 0.3) is 0 Å². The van der Waals surface area contributed by atoms with Crippen LogP contribution in [-0.2, 0) is 54.4 Å². The normalized spacial score (nSPS) is 16.7. The van der Waals surface area contributed by atoms with Gasteiger partial charge in [0.05, 0.1) is 26.2 Å². The monoisotopic (exact) mass is 1140 g/mol. The number of carbonyl (C=O) groups is 11. The molecule has 5 atom stereocenters. The molecule has 79 heavy (non-hydrogen) atoms. The molecule has 0 heterocycles. The van der Waals surface area contributed by atoms with Gasteiger partial charge in [0.1, 0.15) is 17.6 Å². The minimum atomic E-state index is -1.95. The lowest BCUT2D eigenvalue weighted by Gasteiger charge is -2.33. The second-order valence-electron chi connectivity index (χ2n) is 19.5. The van der Waals surface area contributed by atoms with Crippen LogP contribution in [0.5, 0.6) is 0 Å². The first kappa shape index (κ1) is 66.0. The summed E-state index contributed by atoms with van der Waals surface area (Å²) < 4.78 is 0. The van der Waals surface area contributed by atoms with E-state index < -0.39 is 115 Å². The number of hydrogen-bond acceptors (Lipinski definition) is 16. The van der Waals surface area contributed by atoms with E-state index in [0.29, 0.717) is 43.0 Å². The van der Waals surface area contributed by atoms with Gasteiger partial charge in [-0.25, -0.2) is 14.4 Å². The molecule has 3 rings (SSSR count). The quantitative estimate of drug-likeness (QED) is 0.0276. The topological polar surface area (TPSA) is 444 Å². The number of nitrogens with zero attached hydrogens (tertiary/aromatic N) is 3. The number of thiocarbonyl (C=S) groups is 1. The van der Waals surface area contributed by atoms with E-state index in [1.807, 2.05) is 34.5 Å². The predicted octanol–water partition coefficient (Wildman–Crippen LogP) is -0.995. The van der Waals surface area contributed by atoms with Gasteiger partial charge in [-0.3, -0.25) is 53.1 Å². The van der Waals surface area contributed by atoms with Crippen molar-refractivity contribution in [2.75, 3.05) is 83.9 Å². The van der Waals surface area contributed by atoms with Gasteiger partial charge in [0.15, 0.2) is 5.11 Å². The Hall–Kier alpha value is -7.28. The minimum Gasteiger partial charge on any atom is -0.481 e. The molecule has 2 aliphatic rings. The summed E-state index contributed by atoms with van der Waals surface area (Å²) in [5.74, 6) is -12.1. The summed E-state index contributed by atoms with van der Waals surface area (Å²) in [7, 11) is 0. The molecule has 0 radical (unpaired) electrons. The first-order valence-electron chi connectivity index (χ1n) is 25.8. The highest BCUT2D eigenvalue weighted by molar-refractivity contribution is 7.80. The SMILES string of the molecule is O=C(O)CC[C@H](NC(=O)NC1(C(=O)O)C[C@H]1CC(=O)N[C@@H](CCC(=O)O)C(=O)NCCCCCCNC(=S)Nc1ccc(CC(C2CC2)N(CCN(CCN(CCNCC(=O)O)CC(=O)O)CC(=O)O)CC(=O)O)cc1)C(=O)O. The van der Waals surface area contributed by atoms with Crippen LogP contribution in [-0.4, -0.2) is 228 Å². The molecule has 1 aromatic carbocycles. The zero-order valence-corrected chi connectivity index (χ0v) is 44.5. The summed E-state index contributed by atoms with van der Waals surface area (Å²) in [6.07, 6.45) is 2.56.